The molecule has 0 aromatic carbocycles. The fraction of sp³-hybridized carbons (Fsp3) is 0. The van der Waals surface area contributed by atoms with Crippen molar-refractivity contribution in [2.45, 2.75) is 0 Å². The van der Waals surface area contributed by atoms with Gasteiger partial charge in [-0.1, -0.05) is 0 Å². The summed E-state index contributed by atoms with van der Waals surface area (Å²) in [5, 5.41) is 0. The predicted octanol–water partition coefficient (Wildman–Crippen LogP) is -4.58. The first-order valence-corrected chi connectivity index (χ1v) is 0. The zero-order chi connectivity index (χ0) is 0. The van der Waals surface area contributed by atoms with Crippen LogP contribution >= 0.6 is 0 Å². The van der Waals surface area contributed by atoms with Gasteiger partial charge in [0, 0.05) is 0 Å². The van der Waals surface area contributed by atoms with Gasteiger partial charge in [-0.15, -0.1) is 0 Å². The fourth-order valence-electron chi connectivity index (χ4n) is 0. The van der Waals surface area contributed by atoms with Crippen LogP contribution in [0.25, 0.3) is 0 Å². The van der Waals surface area contributed by atoms with Crippen molar-refractivity contribution in [3.63, 3.8) is 0 Å². The standard InChI is InChI=1S/4Ba.Ca.10H. The summed E-state index contributed by atoms with van der Waals surface area (Å²) in [6.07, 6.45) is 0. The molecule has 5 heteroatoms. The molecule has 20 valence electrons. The van der Waals surface area contributed by atoms with E-state index in [4.69, 9.17) is 0 Å². The Morgan fingerprint density at radius 2 is 0.400 bits per heavy atom. The molecule has 0 saturated carbocycles. The van der Waals surface area contributed by atoms with Crippen LogP contribution in [0.5, 0.6) is 0 Å². The predicted molar refractivity (Wildman–Crippen MR) is 42.7 cm³/mol. The van der Waals surface area contributed by atoms with Gasteiger partial charge in [-0.3, -0.25) is 0 Å². The molecule has 0 aliphatic heterocycles. The number of rotatable bonds is 0. The second-order valence-electron chi connectivity index (χ2n) is 0. The Morgan fingerprint density at radius 1 is 0.400 bits per heavy atom. The van der Waals surface area contributed by atoms with Crippen LogP contribution in [-0.4, -0.2) is 233 Å². The second kappa shape index (κ2) is 22.6. The van der Waals surface area contributed by atoms with Gasteiger partial charge in [-0.05, 0) is 0 Å². The van der Waals surface area contributed by atoms with Gasteiger partial charge >= 0.3 is 233 Å². The zero-order valence-corrected chi connectivity index (χ0v) is 0. The van der Waals surface area contributed by atoms with Crippen molar-refractivity contribution in [2.75, 3.05) is 0 Å². The molecule has 0 rings (SSSR count). The summed E-state index contributed by atoms with van der Waals surface area (Å²) in [5.74, 6) is 0. The average Bonchev–Trinajstić information content (AvgIpc) is 0. The Bertz CT molecular complexity index is 3.61. The van der Waals surface area contributed by atoms with Gasteiger partial charge < -0.3 is 0 Å². The first kappa shape index (κ1) is 29.4. The van der Waals surface area contributed by atoms with Crippen LogP contribution in [-0.2, 0) is 0 Å². The van der Waals surface area contributed by atoms with E-state index in [1.165, 1.54) is 0 Å². The molecule has 0 aliphatic rings. The summed E-state index contributed by atoms with van der Waals surface area (Å²) in [6, 6.07) is 0. The van der Waals surface area contributed by atoms with Crippen molar-refractivity contribution in [3.8, 4) is 0 Å². The first-order chi connectivity index (χ1) is 0. The van der Waals surface area contributed by atoms with E-state index in [2.05, 4.69) is 0 Å². The quantitative estimate of drug-likeness (QED) is 0.246. The van der Waals surface area contributed by atoms with Gasteiger partial charge in [-0.25, -0.2) is 0 Å². The summed E-state index contributed by atoms with van der Waals surface area (Å²) in [7, 11) is 0. The molecule has 0 heterocycles. The maximum atomic E-state index is 0. The number of hydrogen-bond acceptors (Lipinski definition) is 0. The van der Waals surface area contributed by atoms with Gasteiger partial charge in [-0.2, -0.15) is 0 Å². The van der Waals surface area contributed by atoms with E-state index in [0.717, 1.165) is 0 Å². The van der Waals surface area contributed by atoms with Crippen molar-refractivity contribution in [2.24, 2.45) is 0 Å². The monoisotopic (exact) mass is 602 g/mol. The third kappa shape index (κ3) is 18.5. The van der Waals surface area contributed by atoms with Gasteiger partial charge in [0.25, 0.3) is 0 Å². The van der Waals surface area contributed by atoms with Crippen molar-refractivity contribution in [1.82, 2.24) is 0 Å². The second-order valence-corrected chi connectivity index (χ2v) is 0. The van der Waals surface area contributed by atoms with E-state index < -0.39 is 0 Å². The fourth-order valence-corrected chi connectivity index (χ4v) is 0. The molecule has 0 aliphatic carbocycles. The third-order valence-electron chi connectivity index (χ3n) is 0. The Balaban J connectivity index is 0. The summed E-state index contributed by atoms with van der Waals surface area (Å²) >= 11 is 0. The van der Waals surface area contributed by atoms with E-state index in [9.17, 15) is 0 Å². The summed E-state index contributed by atoms with van der Waals surface area (Å²) < 4.78 is 0. The van der Waals surface area contributed by atoms with E-state index in [-0.39, 0.29) is 233 Å². The van der Waals surface area contributed by atoms with Crippen LogP contribution < -0.4 is 0 Å². The van der Waals surface area contributed by atoms with E-state index in [1.54, 1.807) is 0 Å². The van der Waals surface area contributed by atoms with E-state index in [0.29, 0.717) is 0 Å². The molecule has 0 aromatic rings. The summed E-state index contributed by atoms with van der Waals surface area (Å²) in [4.78, 5) is 0. The normalized spacial score (nSPS) is 0. The maximum absolute atomic E-state index is 0. The number of hydrogen-bond donors (Lipinski definition) is 0. The molecule has 0 spiro atoms. The van der Waals surface area contributed by atoms with Crippen LogP contribution in [0.2, 0.25) is 0 Å². The Kier molecular flexibility index (Phi) is 132. The van der Waals surface area contributed by atoms with Crippen molar-refractivity contribution < 1.29 is 0 Å². The average molecular weight is 599 g/mol. The molecule has 0 fully saturated rings. The third-order valence-corrected chi connectivity index (χ3v) is 0. The SMILES string of the molecule is [BaH2].[BaH2].[BaH2].[BaH2].[CaH2]. The van der Waals surface area contributed by atoms with Crippen LogP contribution in [0.3, 0.4) is 0 Å². The van der Waals surface area contributed by atoms with Gasteiger partial charge in [0.1, 0.15) is 0 Å². The molecular weight excluding hydrogens is 589 g/mol. The van der Waals surface area contributed by atoms with Crippen LogP contribution in [0.1, 0.15) is 0 Å². The van der Waals surface area contributed by atoms with Gasteiger partial charge in [0.05, 0.1) is 0 Å². The van der Waals surface area contributed by atoms with Crippen LogP contribution in [0, 0.1) is 0 Å². The first-order valence-electron chi connectivity index (χ1n) is 0. The molecule has 0 nitrogen and oxygen atoms in total. The molecule has 0 aromatic heterocycles. The summed E-state index contributed by atoms with van der Waals surface area (Å²) in [6.45, 7) is 0. The molecule has 0 unspecified atom stereocenters. The van der Waals surface area contributed by atoms with Crippen LogP contribution in [0.4, 0.5) is 0 Å². The van der Waals surface area contributed by atoms with Crippen LogP contribution in [0.15, 0.2) is 0 Å². The molecule has 0 N–H and O–H groups in total. The van der Waals surface area contributed by atoms with Gasteiger partial charge in [0.15, 0.2) is 0 Å². The molecule has 0 radical (unpaired) electrons. The minimum absolute atomic E-state index is 0. The Morgan fingerprint density at radius 3 is 0.400 bits per heavy atom. The molecule has 0 atom stereocenters. The molecular formula is H10Ba4Ca. The molecule has 0 amide bonds. The van der Waals surface area contributed by atoms with E-state index in [1.807, 2.05) is 0 Å². The van der Waals surface area contributed by atoms with Crippen molar-refractivity contribution >= 4 is 233 Å². The zero-order valence-electron chi connectivity index (χ0n) is 0. The van der Waals surface area contributed by atoms with Gasteiger partial charge in [0.2, 0.25) is 0 Å². The molecule has 0 saturated heterocycles. The van der Waals surface area contributed by atoms with Crippen molar-refractivity contribution in [3.05, 3.63) is 0 Å². The molecule has 0 bridgehead atoms. The molecule has 5 heavy (non-hydrogen) atoms. The van der Waals surface area contributed by atoms with Crippen molar-refractivity contribution in [1.29, 1.82) is 0 Å². The topological polar surface area (TPSA) is 0 Å². The Hall–Kier alpha value is 7.55. The minimum atomic E-state index is 0. The summed E-state index contributed by atoms with van der Waals surface area (Å²) in [5.41, 5.74) is 0. The van der Waals surface area contributed by atoms with E-state index >= 15 is 0 Å². The Labute approximate surface area is 224 Å².